The van der Waals surface area contributed by atoms with Gasteiger partial charge in [-0.2, -0.15) is 0 Å². The number of nitrogens with zero attached hydrogens (tertiary/aromatic N) is 1. The molecule has 0 aliphatic carbocycles. The SMILES string of the molecule is CC(C)[C@@H]1N(C(=O)[C@@H](Cc2ccccc2)[C@@H]2OC(=CCCCCCCCCCO)C=CC2=O)C(=O)OC1(C)C. The zero-order chi connectivity index (χ0) is 28.4. The molecule has 7 nitrogen and oxygen atoms in total. The minimum absolute atomic E-state index is 0.0271. The number of hydrogen-bond acceptors (Lipinski definition) is 6. The van der Waals surface area contributed by atoms with Gasteiger partial charge in [0.15, 0.2) is 11.9 Å². The van der Waals surface area contributed by atoms with Crippen LogP contribution in [0.15, 0.2) is 54.3 Å². The molecule has 0 saturated carbocycles. The molecule has 0 bridgehead atoms. The average Bonchev–Trinajstić information content (AvgIpc) is 3.15. The predicted octanol–water partition coefficient (Wildman–Crippen LogP) is 6.15. The number of carbonyl (C=O) groups is 3. The molecule has 1 aromatic carbocycles. The summed E-state index contributed by atoms with van der Waals surface area (Å²) in [6.45, 7) is 7.82. The van der Waals surface area contributed by atoms with E-state index in [1.54, 1.807) is 6.08 Å². The maximum absolute atomic E-state index is 14.1. The van der Waals surface area contributed by atoms with Crippen molar-refractivity contribution in [3.8, 4) is 0 Å². The molecule has 2 heterocycles. The second-order valence-corrected chi connectivity index (χ2v) is 11.5. The number of carbonyl (C=O) groups excluding carboxylic acids is 3. The zero-order valence-corrected chi connectivity index (χ0v) is 23.9. The van der Waals surface area contributed by atoms with Crippen molar-refractivity contribution in [1.82, 2.24) is 4.90 Å². The molecule has 0 unspecified atom stereocenters. The summed E-state index contributed by atoms with van der Waals surface area (Å²) < 4.78 is 11.8. The van der Waals surface area contributed by atoms with Gasteiger partial charge in [-0.3, -0.25) is 9.59 Å². The van der Waals surface area contributed by atoms with Crippen molar-refractivity contribution in [2.45, 2.75) is 103 Å². The van der Waals surface area contributed by atoms with Gasteiger partial charge < -0.3 is 14.6 Å². The molecule has 3 rings (SSSR count). The number of ether oxygens (including phenoxy) is 2. The Bertz CT molecular complexity index is 1030. The second kappa shape index (κ2) is 14.5. The molecule has 214 valence electrons. The fourth-order valence-electron chi connectivity index (χ4n) is 5.74. The molecule has 1 aromatic rings. The van der Waals surface area contributed by atoms with E-state index in [-0.39, 0.29) is 24.7 Å². The number of hydrogen-bond donors (Lipinski definition) is 1. The van der Waals surface area contributed by atoms with Gasteiger partial charge in [-0.05, 0) is 69.2 Å². The first-order valence-electron chi connectivity index (χ1n) is 14.4. The number of aliphatic hydroxyl groups is 1. The molecule has 39 heavy (non-hydrogen) atoms. The lowest BCUT2D eigenvalue weighted by atomic mass is 9.85. The van der Waals surface area contributed by atoms with Gasteiger partial charge in [0, 0.05) is 6.61 Å². The van der Waals surface area contributed by atoms with Gasteiger partial charge >= 0.3 is 6.09 Å². The number of rotatable bonds is 14. The van der Waals surface area contributed by atoms with E-state index in [9.17, 15) is 14.4 Å². The number of aliphatic hydroxyl groups excluding tert-OH is 1. The van der Waals surface area contributed by atoms with Crippen molar-refractivity contribution in [2.24, 2.45) is 11.8 Å². The van der Waals surface area contributed by atoms with Crippen LogP contribution in [0, 0.1) is 11.8 Å². The molecule has 2 aliphatic rings. The van der Waals surface area contributed by atoms with Crippen LogP contribution in [0.5, 0.6) is 0 Å². The van der Waals surface area contributed by atoms with E-state index >= 15 is 0 Å². The van der Waals surface area contributed by atoms with Crippen LogP contribution in [0.3, 0.4) is 0 Å². The third kappa shape index (κ3) is 8.28. The van der Waals surface area contributed by atoms with Crippen LogP contribution >= 0.6 is 0 Å². The summed E-state index contributed by atoms with van der Waals surface area (Å²) in [5.41, 5.74) is 0.0543. The number of amides is 2. The van der Waals surface area contributed by atoms with Crippen LogP contribution in [0.2, 0.25) is 0 Å². The Balaban J connectivity index is 1.74. The average molecular weight is 540 g/mol. The van der Waals surface area contributed by atoms with Gasteiger partial charge in [-0.25, -0.2) is 9.69 Å². The molecule has 0 radical (unpaired) electrons. The molecule has 7 heteroatoms. The summed E-state index contributed by atoms with van der Waals surface area (Å²) in [4.78, 5) is 41.3. The Hall–Kier alpha value is -2.93. The lowest BCUT2D eigenvalue weighted by Crippen LogP contribution is -2.53. The summed E-state index contributed by atoms with van der Waals surface area (Å²) in [5, 5.41) is 8.87. The summed E-state index contributed by atoms with van der Waals surface area (Å²) in [5.74, 6) is -1.05. The van der Waals surface area contributed by atoms with Crippen molar-refractivity contribution in [3.05, 3.63) is 59.9 Å². The van der Waals surface area contributed by atoms with Crippen molar-refractivity contribution in [3.63, 3.8) is 0 Å². The highest BCUT2D eigenvalue weighted by Gasteiger charge is 2.54. The number of ketones is 1. The molecule has 1 saturated heterocycles. The highest BCUT2D eigenvalue weighted by atomic mass is 16.6. The first kappa shape index (κ1) is 30.6. The van der Waals surface area contributed by atoms with Gasteiger partial charge in [0.1, 0.15) is 11.4 Å². The van der Waals surface area contributed by atoms with Crippen LogP contribution in [-0.4, -0.2) is 52.1 Å². The normalized spacial score (nSPS) is 22.3. The van der Waals surface area contributed by atoms with E-state index in [0.717, 1.165) is 50.5 Å². The largest absolute Gasteiger partial charge is 0.482 e. The maximum Gasteiger partial charge on any atom is 0.417 e. The summed E-state index contributed by atoms with van der Waals surface area (Å²) in [6, 6.07) is 9.05. The first-order chi connectivity index (χ1) is 18.7. The van der Waals surface area contributed by atoms with E-state index in [0.29, 0.717) is 5.76 Å². The topological polar surface area (TPSA) is 93.1 Å². The van der Waals surface area contributed by atoms with Gasteiger partial charge in [-0.1, -0.05) is 76.3 Å². The quantitative estimate of drug-likeness (QED) is 0.285. The Kier molecular flexibility index (Phi) is 11.3. The third-order valence-corrected chi connectivity index (χ3v) is 7.55. The highest BCUT2D eigenvalue weighted by Crippen LogP contribution is 2.37. The van der Waals surface area contributed by atoms with Gasteiger partial charge in [-0.15, -0.1) is 0 Å². The number of allylic oxidation sites excluding steroid dienone is 2. The number of benzene rings is 1. The van der Waals surface area contributed by atoms with Crippen LogP contribution in [0.4, 0.5) is 4.79 Å². The van der Waals surface area contributed by atoms with E-state index in [1.165, 1.54) is 17.4 Å². The standard InChI is InChI=1S/C32H45NO6/c1-23(2)29-32(3,4)39-31(37)33(29)30(36)26(22-24-16-12-11-13-17-24)28-27(35)20-19-25(38-28)18-14-9-7-5-6-8-10-15-21-34/h11-13,16-20,23,26,28-29,34H,5-10,14-15,21-22H2,1-4H3/t26-,28-,29-/m0/s1. The Morgan fingerprint density at radius 1 is 1.00 bits per heavy atom. The van der Waals surface area contributed by atoms with Gasteiger partial charge in [0.05, 0.1) is 12.0 Å². The van der Waals surface area contributed by atoms with Crippen LogP contribution in [-0.2, 0) is 25.5 Å². The first-order valence-corrected chi connectivity index (χ1v) is 14.4. The smallest absolute Gasteiger partial charge is 0.417 e. The fraction of sp³-hybridized carbons (Fsp3) is 0.594. The monoisotopic (exact) mass is 539 g/mol. The molecule has 2 amide bonds. The molecular formula is C32H45NO6. The minimum Gasteiger partial charge on any atom is -0.482 e. The third-order valence-electron chi connectivity index (χ3n) is 7.55. The number of cyclic esters (lactones) is 1. The van der Waals surface area contributed by atoms with Crippen LogP contribution < -0.4 is 0 Å². The molecule has 2 aliphatic heterocycles. The molecule has 0 aromatic heterocycles. The molecule has 3 atom stereocenters. The van der Waals surface area contributed by atoms with Crippen molar-refractivity contribution < 1.29 is 29.0 Å². The Morgan fingerprint density at radius 3 is 2.28 bits per heavy atom. The van der Waals surface area contributed by atoms with E-state index < -0.39 is 35.7 Å². The molecular weight excluding hydrogens is 494 g/mol. The van der Waals surface area contributed by atoms with Crippen molar-refractivity contribution in [2.75, 3.05) is 6.61 Å². The Morgan fingerprint density at radius 2 is 1.64 bits per heavy atom. The highest BCUT2D eigenvalue weighted by molar-refractivity contribution is 6.02. The minimum atomic E-state index is -1.02. The number of imide groups is 1. The maximum atomic E-state index is 14.1. The van der Waals surface area contributed by atoms with Crippen LogP contribution in [0.25, 0.3) is 0 Å². The van der Waals surface area contributed by atoms with E-state index in [4.69, 9.17) is 14.6 Å². The summed E-state index contributed by atoms with van der Waals surface area (Å²) in [6.07, 6.45) is 12.0. The molecule has 0 spiro atoms. The molecule has 1 fully saturated rings. The zero-order valence-electron chi connectivity index (χ0n) is 23.9. The van der Waals surface area contributed by atoms with Crippen LogP contribution in [0.1, 0.15) is 84.6 Å². The van der Waals surface area contributed by atoms with E-state index in [2.05, 4.69) is 0 Å². The lowest BCUT2D eigenvalue weighted by Gasteiger charge is -2.35. The Labute approximate surface area is 233 Å². The molecule has 1 N–H and O–H groups in total. The second-order valence-electron chi connectivity index (χ2n) is 11.5. The lowest BCUT2D eigenvalue weighted by molar-refractivity contribution is -0.144. The van der Waals surface area contributed by atoms with Gasteiger partial charge in [0.2, 0.25) is 5.91 Å². The summed E-state index contributed by atoms with van der Waals surface area (Å²) in [7, 11) is 0. The van der Waals surface area contributed by atoms with Crippen molar-refractivity contribution >= 4 is 17.8 Å². The predicted molar refractivity (Wildman–Crippen MR) is 151 cm³/mol. The number of unbranched alkanes of at least 4 members (excludes halogenated alkanes) is 7. The fourth-order valence-corrected chi connectivity index (χ4v) is 5.74. The van der Waals surface area contributed by atoms with Gasteiger partial charge in [0.25, 0.3) is 0 Å². The van der Waals surface area contributed by atoms with E-state index in [1.807, 2.05) is 64.1 Å². The van der Waals surface area contributed by atoms with Crippen molar-refractivity contribution in [1.29, 1.82) is 0 Å². The summed E-state index contributed by atoms with van der Waals surface area (Å²) >= 11 is 0.